The number of nitrogens with one attached hydrogen (secondary N) is 2. The summed E-state index contributed by atoms with van der Waals surface area (Å²) in [7, 11) is 0. The fraction of sp³-hybridized carbons (Fsp3) is 0.692. The number of allylic oxidation sites excluding steroid dienone is 1. The second kappa shape index (κ2) is 4.63. The lowest BCUT2D eigenvalue weighted by molar-refractivity contribution is -0.440. The zero-order valence-electron chi connectivity index (χ0n) is 12.0. The topological polar surface area (TPSA) is 67.2 Å². The quantitative estimate of drug-likeness (QED) is 0.599. The second-order valence-corrected chi connectivity index (χ2v) is 6.49. The van der Waals surface area contributed by atoms with Gasteiger partial charge in [-0.25, -0.2) is 0 Å². The Morgan fingerprint density at radius 3 is 2.44 bits per heavy atom. The van der Waals surface area contributed by atoms with E-state index in [1.165, 1.54) is 0 Å². The van der Waals surface area contributed by atoms with Crippen LogP contribution in [0.1, 0.15) is 41.5 Å². The molecule has 102 valence electrons. The normalized spacial score (nSPS) is 19.1. The summed E-state index contributed by atoms with van der Waals surface area (Å²) in [5, 5.41) is 17.4. The molecule has 0 aromatic rings. The first-order chi connectivity index (χ1) is 8.05. The smallest absolute Gasteiger partial charge is 0.295 e. The van der Waals surface area contributed by atoms with Gasteiger partial charge < -0.3 is 10.6 Å². The number of nitro groups is 1. The van der Waals surface area contributed by atoms with Gasteiger partial charge in [-0.05, 0) is 31.8 Å². The standard InChI is InChI=1S/C13H23N3O2/c1-9-7-14-11(15-8-12(2,3)4)10(16(17)18)13(9,5)6/h7,14-15H,8H2,1-6H3. The minimum atomic E-state index is -0.561. The highest BCUT2D eigenvalue weighted by Crippen LogP contribution is 2.37. The third-order valence-corrected chi connectivity index (χ3v) is 3.23. The van der Waals surface area contributed by atoms with Crippen molar-refractivity contribution >= 4 is 0 Å². The van der Waals surface area contributed by atoms with Crippen molar-refractivity contribution in [2.24, 2.45) is 10.8 Å². The Morgan fingerprint density at radius 2 is 2.00 bits per heavy atom. The van der Waals surface area contributed by atoms with Crippen LogP contribution in [0.3, 0.4) is 0 Å². The minimum Gasteiger partial charge on any atom is -0.366 e. The van der Waals surface area contributed by atoms with Crippen molar-refractivity contribution in [3.05, 3.63) is 33.4 Å². The Balaban J connectivity index is 3.05. The maximum absolute atomic E-state index is 11.3. The lowest BCUT2D eigenvalue weighted by atomic mass is 9.80. The van der Waals surface area contributed by atoms with Gasteiger partial charge in [0.05, 0.1) is 10.3 Å². The summed E-state index contributed by atoms with van der Waals surface area (Å²) in [6.07, 6.45) is 1.83. The average molecular weight is 253 g/mol. The van der Waals surface area contributed by atoms with Crippen molar-refractivity contribution in [3.8, 4) is 0 Å². The van der Waals surface area contributed by atoms with Crippen molar-refractivity contribution < 1.29 is 4.92 Å². The van der Waals surface area contributed by atoms with Gasteiger partial charge in [0, 0.05) is 12.7 Å². The average Bonchev–Trinajstić information content (AvgIpc) is 2.17. The van der Waals surface area contributed by atoms with Crippen molar-refractivity contribution in [1.82, 2.24) is 10.6 Å². The van der Waals surface area contributed by atoms with Crippen molar-refractivity contribution in [2.45, 2.75) is 41.5 Å². The third kappa shape index (κ3) is 3.03. The van der Waals surface area contributed by atoms with Crippen LogP contribution in [-0.2, 0) is 0 Å². The summed E-state index contributed by atoms with van der Waals surface area (Å²) in [5.41, 5.74) is 0.661. The molecular weight excluding hydrogens is 230 g/mol. The molecule has 0 radical (unpaired) electrons. The number of hydrogen-bond donors (Lipinski definition) is 2. The zero-order chi connectivity index (χ0) is 14.1. The molecule has 1 aliphatic rings. The molecule has 0 fully saturated rings. The van der Waals surface area contributed by atoms with Crippen LogP contribution in [0.2, 0.25) is 0 Å². The molecule has 5 nitrogen and oxygen atoms in total. The van der Waals surface area contributed by atoms with E-state index >= 15 is 0 Å². The molecule has 2 N–H and O–H groups in total. The fourth-order valence-electron chi connectivity index (χ4n) is 1.74. The van der Waals surface area contributed by atoms with E-state index in [0.717, 1.165) is 5.57 Å². The Kier molecular flexibility index (Phi) is 3.74. The molecule has 5 heteroatoms. The first-order valence-electron chi connectivity index (χ1n) is 6.12. The van der Waals surface area contributed by atoms with Crippen molar-refractivity contribution in [2.75, 3.05) is 6.54 Å². The maximum Gasteiger partial charge on any atom is 0.295 e. The zero-order valence-corrected chi connectivity index (χ0v) is 12.0. The molecule has 0 saturated heterocycles. The molecule has 0 saturated carbocycles. The summed E-state index contributed by atoms with van der Waals surface area (Å²) < 4.78 is 0. The predicted octanol–water partition coefficient (Wildman–Crippen LogP) is 2.60. The van der Waals surface area contributed by atoms with Gasteiger partial charge in [0.1, 0.15) is 0 Å². The van der Waals surface area contributed by atoms with Crippen molar-refractivity contribution in [3.63, 3.8) is 0 Å². The number of dihydropyridines is 1. The predicted molar refractivity (Wildman–Crippen MR) is 72.2 cm³/mol. The highest BCUT2D eigenvalue weighted by molar-refractivity contribution is 5.30. The molecule has 18 heavy (non-hydrogen) atoms. The van der Waals surface area contributed by atoms with Gasteiger partial charge in [0.15, 0.2) is 5.82 Å². The fourth-order valence-corrected chi connectivity index (χ4v) is 1.74. The molecule has 0 aromatic heterocycles. The molecule has 0 atom stereocenters. The van der Waals surface area contributed by atoms with E-state index in [1.54, 1.807) is 0 Å². The van der Waals surface area contributed by atoms with Crippen LogP contribution in [-0.4, -0.2) is 11.5 Å². The molecule has 0 bridgehead atoms. The summed E-state index contributed by atoms with van der Waals surface area (Å²) in [6.45, 7) is 12.6. The molecule has 1 aliphatic heterocycles. The van der Waals surface area contributed by atoms with Gasteiger partial charge in [-0.15, -0.1) is 0 Å². The van der Waals surface area contributed by atoms with E-state index in [9.17, 15) is 10.1 Å². The molecule has 0 aliphatic carbocycles. The third-order valence-electron chi connectivity index (χ3n) is 3.23. The highest BCUT2D eigenvalue weighted by atomic mass is 16.6. The highest BCUT2D eigenvalue weighted by Gasteiger charge is 2.41. The van der Waals surface area contributed by atoms with E-state index in [0.29, 0.717) is 12.4 Å². The van der Waals surface area contributed by atoms with Crippen LogP contribution in [0.25, 0.3) is 0 Å². The van der Waals surface area contributed by atoms with Crippen LogP contribution in [0.15, 0.2) is 23.3 Å². The molecular formula is C13H23N3O2. The number of rotatable bonds is 3. The summed E-state index contributed by atoms with van der Waals surface area (Å²) in [4.78, 5) is 11.0. The van der Waals surface area contributed by atoms with Crippen LogP contribution < -0.4 is 10.6 Å². The van der Waals surface area contributed by atoms with Gasteiger partial charge in [0.25, 0.3) is 5.70 Å². The van der Waals surface area contributed by atoms with E-state index in [1.807, 2.05) is 27.0 Å². The van der Waals surface area contributed by atoms with Crippen molar-refractivity contribution in [1.29, 1.82) is 0 Å². The Labute approximate surface area is 108 Å². The summed E-state index contributed by atoms with van der Waals surface area (Å²) in [6, 6.07) is 0. The van der Waals surface area contributed by atoms with Gasteiger partial charge >= 0.3 is 0 Å². The first kappa shape index (κ1) is 14.5. The minimum absolute atomic E-state index is 0.0662. The molecule has 0 aromatic carbocycles. The molecule has 0 unspecified atom stereocenters. The van der Waals surface area contributed by atoms with E-state index in [4.69, 9.17) is 0 Å². The lowest BCUT2D eigenvalue weighted by Gasteiger charge is -2.30. The van der Waals surface area contributed by atoms with E-state index in [2.05, 4.69) is 31.4 Å². The molecule has 0 amide bonds. The molecule has 1 rings (SSSR count). The summed E-state index contributed by atoms with van der Waals surface area (Å²) >= 11 is 0. The van der Waals surface area contributed by atoms with Crippen LogP contribution in [0, 0.1) is 20.9 Å². The summed E-state index contributed by atoms with van der Waals surface area (Å²) in [5.74, 6) is 0.505. The van der Waals surface area contributed by atoms with E-state index < -0.39 is 5.41 Å². The Hall–Kier alpha value is -1.52. The van der Waals surface area contributed by atoms with Crippen LogP contribution in [0.5, 0.6) is 0 Å². The molecule has 1 heterocycles. The molecule has 0 spiro atoms. The van der Waals surface area contributed by atoms with E-state index in [-0.39, 0.29) is 16.0 Å². The monoisotopic (exact) mass is 253 g/mol. The van der Waals surface area contributed by atoms with Gasteiger partial charge in [-0.3, -0.25) is 10.1 Å². The number of hydrogen-bond acceptors (Lipinski definition) is 4. The maximum atomic E-state index is 11.3. The van der Waals surface area contributed by atoms with Gasteiger partial charge in [-0.1, -0.05) is 20.8 Å². The number of nitrogens with zero attached hydrogens (tertiary/aromatic N) is 1. The Morgan fingerprint density at radius 1 is 1.44 bits per heavy atom. The van der Waals surface area contributed by atoms with Gasteiger partial charge in [-0.2, -0.15) is 0 Å². The SMILES string of the molecule is CC1=CNC(NCC(C)(C)C)=C([N+](=O)[O-])C1(C)C. The van der Waals surface area contributed by atoms with Crippen LogP contribution in [0.4, 0.5) is 0 Å². The van der Waals surface area contributed by atoms with Gasteiger partial charge in [0.2, 0.25) is 0 Å². The lowest BCUT2D eigenvalue weighted by Crippen LogP contribution is -2.40. The Bertz CT molecular complexity index is 414. The first-order valence-corrected chi connectivity index (χ1v) is 6.12. The van der Waals surface area contributed by atoms with Crippen LogP contribution >= 0.6 is 0 Å². The largest absolute Gasteiger partial charge is 0.366 e. The second-order valence-electron chi connectivity index (χ2n) is 6.49.